The van der Waals surface area contributed by atoms with Crippen molar-refractivity contribution in [3.8, 4) is 11.5 Å². The largest absolute Gasteiger partial charge is 0.490 e. The lowest BCUT2D eigenvalue weighted by atomic mass is 10.1. The number of nitrogens with zero attached hydrogens (tertiary/aromatic N) is 1. The molecule has 2 aromatic rings. The van der Waals surface area contributed by atoms with Crippen molar-refractivity contribution in [2.45, 2.75) is 26.5 Å². The molecule has 33 heavy (non-hydrogen) atoms. The van der Waals surface area contributed by atoms with Gasteiger partial charge in [-0.15, -0.1) is 0 Å². The van der Waals surface area contributed by atoms with Crippen LogP contribution in [0.4, 0.5) is 4.79 Å². The SMILES string of the molecule is CCOc1cc(C=C2NC(=O)N(Cc3ccc(C(=O)OC)o3)C2=O)ccc1OC(C)C(=O)O. The van der Waals surface area contributed by atoms with Gasteiger partial charge < -0.3 is 29.1 Å². The molecule has 3 amide bonds. The average molecular weight is 458 g/mol. The molecule has 0 radical (unpaired) electrons. The fourth-order valence-electron chi connectivity index (χ4n) is 2.93. The number of imide groups is 1. The van der Waals surface area contributed by atoms with Crippen LogP contribution in [0.5, 0.6) is 11.5 Å². The van der Waals surface area contributed by atoms with E-state index >= 15 is 0 Å². The number of nitrogens with one attached hydrogen (secondary N) is 1. The lowest BCUT2D eigenvalue weighted by Gasteiger charge is -2.15. The second-order valence-corrected chi connectivity index (χ2v) is 6.87. The van der Waals surface area contributed by atoms with E-state index in [0.717, 1.165) is 4.90 Å². The molecular weight excluding hydrogens is 436 g/mol. The number of furan rings is 1. The zero-order valence-corrected chi connectivity index (χ0v) is 18.1. The van der Waals surface area contributed by atoms with Gasteiger partial charge in [0.25, 0.3) is 5.91 Å². The molecule has 0 bridgehead atoms. The monoisotopic (exact) mass is 458 g/mol. The number of ether oxygens (including phenoxy) is 3. The first-order valence-electron chi connectivity index (χ1n) is 9.91. The van der Waals surface area contributed by atoms with Crippen molar-refractivity contribution < 1.29 is 42.9 Å². The van der Waals surface area contributed by atoms with Crippen molar-refractivity contribution in [3.63, 3.8) is 0 Å². The Balaban J connectivity index is 1.79. The Kier molecular flexibility index (Phi) is 7.01. The van der Waals surface area contributed by atoms with Crippen LogP contribution in [-0.4, -0.2) is 53.7 Å². The Hall–Kier alpha value is -4.28. The lowest BCUT2D eigenvalue weighted by Crippen LogP contribution is -2.30. The molecule has 1 fully saturated rings. The summed E-state index contributed by atoms with van der Waals surface area (Å²) in [5.41, 5.74) is 0.542. The fraction of sp³-hybridized carbons (Fsp3) is 0.273. The van der Waals surface area contributed by atoms with Crippen LogP contribution in [0.2, 0.25) is 0 Å². The smallest absolute Gasteiger partial charge is 0.373 e. The van der Waals surface area contributed by atoms with Gasteiger partial charge in [-0.05, 0) is 49.8 Å². The predicted octanol–water partition coefficient (Wildman–Crippen LogP) is 2.41. The number of carboxylic acids is 1. The molecule has 1 unspecified atom stereocenters. The summed E-state index contributed by atoms with van der Waals surface area (Å²) in [5.74, 6) is -1.68. The van der Waals surface area contributed by atoms with Crippen molar-refractivity contribution in [1.82, 2.24) is 10.2 Å². The molecule has 11 heteroatoms. The molecule has 1 atom stereocenters. The molecule has 11 nitrogen and oxygen atoms in total. The fourth-order valence-corrected chi connectivity index (χ4v) is 2.93. The summed E-state index contributed by atoms with van der Waals surface area (Å²) in [7, 11) is 1.21. The molecule has 2 N–H and O–H groups in total. The van der Waals surface area contributed by atoms with Crippen molar-refractivity contribution in [3.05, 3.63) is 53.1 Å². The first kappa shape index (κ1) is 23.4. The lowest BCUT2D eigenvalue weighted by molar-refractivity contribution is -0.144. The first-order chi connectivity index (χ1) is 15.7. The number of benzene rings is 1. The molecule has 0 saturated carbocycles. The number of carbonyl (C=O) groups is 4. The van der Waals surface area contributed by atoms with Crippen molar-refractivity contribution in [2.75, 3.05) is 13.7 Å². The number of carboxylic acid groups (broad SMARTS) is 1. The minimum Gasteiger partial charge on any atom is -0.490 e. The van der Waals surface area contributed by atoms with Gasteiger partial charge in [0.1, 0.15) is 11.5 Å². The molecule has 1 aromatic heterocycles. The zero-order valence-electron chi connectivity index (χ0n) is 18.1. The van der Waals surface area contributed by atoms with E-state index in [4.69, 9.17) is 19.0 Å². The second-order valence-electron chi connectivity index (χ2n) is 6.87. The first-order valence-corrected chi connectivity index (χ1v) is 9.91. The standard InChI is InChI=1S/C22H22N2O9/c1-4-31-18-10-13(5-7-16(18)32-12(2)20(26)27)9-15-19(25)24(22(29)23-15)11-14-6-8-17(33-14)21(28)30-3/h5-10,12H,4,11H2,1-3H3,(H,23,29)(H,26,27). The Morgan fingerprint density at radius 3 is 2.64 bits per heavy atom. The average Bonchev–Trinajstić information content (AvgIpc) is 3.35. The summed E-state index contributed by atoms with van der Waals surface area (Å²) in [5, 5.41) is 11.5. The summed E-state index contributed by atoms with van der Waals surface area (Å²) >= 11 is 0. The Morgan fingerprint density at radius 1 is 1.21 bits per heavy atom. The summed E-state index contributed by atoms with van der Waals surface area (Å²) in [4.78, 5) is 48.6. The van der Waals surface area contributed by atoms with E-state index in [0.29, 0.717) is 17.9 Å². The highest BCUT2D eigenvalue weighted by molar-refractivity contribution is 6.13. The number of amides is 3. The quantitative estimate of drug-likeness (QED) is 0.329. The van der Waals surface area contributed by atoms with Crippen LogP contribution < -0.4 is 14.8 Å². The van der Waals surface area contributed by atoms with Gasteiger partial charge in [-0.25, -0.2) is 14.4 Å². The highest BCUT2D eigenvalue weighted by Crippen LogP contribution is 2.30. The number of urea groups is 1. The van der Waals surface area contributed by atoms with Gasteiger partial charge in [0.05, 0.1) is 20.3 Å². The number of aliphatic carboxylic acids is 1. The minimum absolute atomic E-state index is 0.0229. The van der Waals surface area contributed by atoms with Crippen molar-refractivity contribution in [2.24, 2.45) is 0 Å². The van der Waals surface area contributed by atoms with Gasteiger partial charge in [0, 0.05) is 0 Å². The third-order valence-electron chi connectivity index (χ3n) is 4.55. The van der Waals surface area contributed by atoms with E-state index in [1.165, 1.54) is 38.3 Å². The molecule has 1 aliphatic heterocycles. The van der Waals surface area contributed by atoms with E-state index in [1.54, 1.807) is 19.1 Å². The summed E-state index contributed by atoms with van der Waals surface area (Å²) in [6, 6.07) is 6.89. The van der Waals surface area contributed by atoms with E-state index < -0.39 is 30.0 Å². The van der Waals surface area contributed by atoms with Gasteiger partial charge in [-0.2, -0.15) is 0 Å². The highest BCUT2D eigenvalue weighted by atomic mass is 16.5. The van der Waals surface area contributed by atoms with Crippen molar-refractivity contribution >= 4 is 30.0 Å². The van der Waals surface area contributed by atoms with Gasteiger partial charge >= 0.3 is 18.0 Å². The second kappa shape index (κ2) is 9.90. The topological polar surface area (TPSA) is 145 Å². The molecule has 1 aromatic carbocycles. The third kappa shape index (κ3) is 5.32. The highest BCUT2D eigenvalue weighted by Gasteiger charge is 2.34. The van der Waals surface area contributed by atoms with Gasteiger partial charge in [-0.3, -0.25) is 9.69 Å². The summed E-state index contributed by atoms with van der Waals surface area (Å²) in [6.07, 6.45) is 0.369. The number of methoxy groups -OCH3 is 1. The van der Waals surface area contributed by atoms with Crippen LogP contribution >= 0.6 is 0 Å². The summed E-state index contributed by atoms with van der Waals surface area (Å²) in [6.45, 7) is 3.28. The van der Waals surface area contributed by atoms with Crippen LogP contribution in [0.1, 0.15) is 35.7 Å². The minimum atomic E-state index is -1.13. The van der Waals surface area contributed by atoms with E-state index in [-0.39, 0.29) is 29.5 Å². The number of hydrogen-bond donors (Lipinski definition) is 2. The van der Waals surface area contributed by atoms with E-state index in [1.807, 2.05) is 0 Å². The maximum Gasteiger partial charge on any atom is 0.373 e. The van der Waals surface area contributed by atoms with Crippen molar-refractivity contribution in [1.29, 1.82) is 0 Å². The Labute approximate surface area is 188 Å². The van der Waals surface area contributed by atoms with Gasteiger partial charge in [-0.1, -0.05) is 6.07 Å². The third-order valence-corrected chi connectivity index (χ3v) is 4.55. The van der Waals surface area contributed by atoms with Gasteiger partial charge in [0.15, 0.2) is 17.6 Å². The maximum absolute atomic E-state index is 12.7. The summed E-state index contributed by atoms with van der Waals surface area (Å²) < 4.78 is 20.8. The van der Waals surface area contributed by atoms with Crippen LogP contribution in [0.3, 0.4) is 0 Å². The number of rotatable bonds is 9. The number of carbonyl (C=O) groups excluding carboxylic acids is 3. The van der Waals surface area contributed by atoms with Gasteiger partial charge in [0.2, 0.25) is 5.76 Å². The van der Waals surface area contributed by atoms with E-state index in [9.17, 15) is 19.2 Å². The van der Waals surface area contributed by atoms with Crippen LogP contribution in [-0.2, 0) is 20.9 Å². The number of hydrogen-bond acceptors (Lipinski definition) is 8. The number of esters is 1. The molecule has 2 heterocycles. The predicted molar refractivity (Wildman–Crippen MR) is 112 cm³/mol. The van der Waals surface area contributed by atoms with E-state index in [2.05, 4.69) is 10.1 Å². The normalized spacial score (nSPS) is 15.4. The van der Waals surface area contributed by atoms with Crippen LogP contribution in [0.15, 0.2) is 40.4 Å². The molecule has 1 aliphatic rings. The molecule has 174 valence electrons. The molecule has 3 rings (SSSR count). The Morgan fingerprint density at radius 2 is 1.97 bits per heavy atom. The van der Waals surface area contributed by atoms with Crippen LogP contribution in [0.25, 0.3) is 6.08 Å². The molecular formula is C22H22N2O9. The molecule has 1 saturated heterocycles. The molecule has 0 spiro atoms. The maximum atomic E-state index is 12.7. The zero-order chi connectivity index (χ0) is 24.1. The van der Waals surface area contributed by atoms with Crippen LogP contribution in [0, 0.1) is 0 Å². The molecule has 0 aliphatic carbocycles. The Bertz CT molecular complexity index is 1120.